The number of carbonyl (C=O) groups is 1. The molecule has 0 radical (unpaired) electrons. The van der Waals surface area contributed by atoms with Crippen molar-refractivity contribution < 1.29 is 24.3 Å². The minimum absolute atomic E-state index is 0.283. The van der Waals surface area contributed by atoms with Gasteiger partial charge < -0.3 is 25.3 Å². The molecule has 0 bridgehead atoms. The molecule has 4 N–H and O–H groups in total. The minimum Gasteiger partial charge on any atom is -0.481 e. The van der Waals surface area contributed by atoms with Gasteiger partial charge >= 0.3 is 18.3 Å². The van der Waals surface area contributed by atoms with Crippen molar-refractivity contribution in [1.29, 1.82) is 0 Å². The van der Waals surface area contributed by atoms with E-state index in [0.717, 1.165) is 16.9 Å². The third kappa shape index (κ3) is 2.88. The molecule has 0 amide bonds. The third-order valence-corrected chi connectivity index (χ3v) is 4.32. The largest absolute Gasteiger partial charge is 0.492 e. The molecule has 120 valence electrons. The second kappa shape index (κ2) is 5.80. The molecule has 0 fully saturated rings. The fourth-order valence-electron chi connectivity index (χ4n) is 2.58. The van der Waals surface area contributed by atoms with Crippen molar-refractivity contribution in [2.45, 2.75) is 20.0 Å². The van der Waals surface area contributed by atoms with Crippen LogP contribution in [-0.2, 0) is 9.45 Å². The van der Waals surface area contributed by atoms with E-state index in [9.17, 15) is 14.9 Å². The molecule has 1 aliphatic rings. The van der Waals surface area contributed by atoms with Crippen molar-refractivity contribution in [1.82, 2.24) is 10.2 Å². The van der Waals surface area contributed by atoms with Crippen molar-refractivity contribution in [2.24, 2.45) is 5.92 Å². The Kier molecular flexibility index (Phi) is 3.96. The van der Waals surface area contributed by atoms with Gasteiger partial charge in [0.2, 0.25) is 5.13 Å². The molecule has 0 saturated carbocycles. The zero-order valence-corrected chi connectivity index (χ0v) is 13.2. The summed E-state index contributed by atoms with van der Waals surface area (Å²) in [5.41, 5.74) is 7.44. The van der Waals surface area contributed by atoms with Gasteiger partial charge in [-0.2, -0.15) is 0 Å². The average molecular weight is 335 g/mol. The van der Waals surface area contributed by atoms with Gasteiger partial charge in [0.25, 0.3) is 0 Å². The van der Waals surface area contributed by atoms with E-state index in [1.807, 2.05) is 6.92 Å². The van der Waals surface area contributed by atoms with Gasteiger partial charge in [-0.15, -0.1) is 5.10 Å². The zero-order valence-electron chi connectivity index (χ0n) is 12.4. The summed E-state index contributed by atoms with van der Waals surface area (Å²) in [6.07, 6.45) is -0.705. The summed E-state index contributed by atoms with van der Waals surface area (Å²) in [5.74, 6) is -1.32. The molecule has 2 aromatic rings. The Labute approximate surface area is 136 Å². The summed E-state index contributed by atoms with van der Waals surface area (Å²) in [7, 11) is -1.20. The summed E-state index contributed by atoms with van der Waals surface area (Å²) < 4.78 is 11.0. The van der Waals surface area contributed by atoms with Crippen LogP contribution in [0.5, 0.6) is 10.9 Å². The lowest BCUT2D eigenvalue weighted by Gasteiger charge is -2.18. The fourth-order valence-corrected chi connectivity index (χ4v) is 3.06. The number of aliphatic carboxylic acids is 1. The molecule has 1 aromatic heterocycles. The van der Waals surface area contributed by atoms with E-state index in [1.54, 1.807) is 19.1 Å². The van der Waals surface area contributed by atoms with Gasteiger partial charge in [0.05, 0.1) is 12.0 Å². The highest BCUT2D eigenvalue weighted by Crippen LogP contribution is 2.36. The van der Waals surface area contributed by atoms with Gasteiger partial charge in [-0.05, 0) is 53.9 Å². The smallest absolute Gasteiger partial charge is 0.481 e. The van der Waals surface area contributed by atoms with Gasteiger partial charge in [0.1, 0.15) is 5.75 Å². The highest BCUT2D eigenvalue weighted by Gasteiger charge is 2.41. The topological polar surface area (TPSA) is 128 Å². The maximum absolute atomic E-state index is 11.2. The van der Waals surface area contributed by atoms with Crippen LogP contribution < -0.4 is 15.9 Å². The molecule has 2 heterocycles. The SMILES string of the molecule is Cc1cc(Oc2nnc(N)s2)cc2c1C(C(C)C(=O)O)OB2O. The lowest BCUT2D eigenvalue weighted by Crippen LogP contribution is -2.28. The molecule has 0 spiro atoms. The summed E-state index contributed by atoms with van der Waals surface area (Å²) in [4.78, 5) is 11.2. The Hall–Kier alpha value is -2.17. The number of aryl methyl sites for hydroxylation is 1. The molecular formula is C13H14BN3O5S. The van der Waals surface area contributed by atoms with Crippen LogP contribution in [0.15, 0.2) is 12.1 Å². The minimum atomic E-state index is -1.20. The first-order valence-corrected chi connectivity index (χ1v) is 7.66. The molecule has 2 atom stereocenters. The highest BCUT2D eigenvalue weighted by atomic mass is 32.1. The third-order valence-electron chi connectivity index (χ3n) is 3.69. The molecule has 8 nitrogen and oxygen atoms in total. The van der Waals surface area contributed by atoms with Crippen LogP contribution in [0, 0.1) is 12.8 Å². The number of carboxylic acid groups (broad SMARTS) is 1. The van der Waals surface area contributed by atoms with Crippen LogP contribution in [0.4, 0.5) is 5.13 Å². The summed E-state index contributed by atoms with van der Waals surface area (Å²) in [6.45, 7) is 3.35. The number of fused-ring (bicyclic) bond motifs is 1. The normalized spacial score (nSPS) is 17.9. The molecule has 0 aliphatic carbocycles. The van der Waals surface area contributed by atoms with E-state index in [2.05, 4.69) is 10.2 Å². The molecule has 0 saturated heterocycles. The van der Waals surface area contributed by atoms with Crippen LogP contribution in [0.3, 0.4) is 0 Å². The number of ether oxygens (including phenoxy) is 1. The zero-order chi connectivity index (χ0) is 16.7. The highest BCUT2D eigenvalue weighted by molar-refractivity contribution is 7.16. The lowest BCUT2D eigenvalue weighted by molar-refractivity contribution is -0.144. The fraction of sp³-hybridized carbons (Fsp3) is 0.308. The standard InChI is InChI=1S/C13H14BN3O5S/c1-5-3-7(21-13-17-16-12(15)23-13)4-8-9(5)10(22-14(8)20)6(2)11(18)19/h3-4,6,10,20H,1-2H3,(H2,15,16)(H,18,19). The number of aromatic nitrogens is 2. The molecule has 3 rings (SSSR count). The van der Waals surface area contributed by atoms with Crippen molar-refractivity contribution in [2.75, 3.05) is 5.73 Å². The molecule has 1 aromatic carbocycles. The molecule has 1 aliphatic heterocycles. The van der Waals surface area contributed by atoms with E-state index in [4.69, 9.17) is 15.1 Å². The second-order valence-electron chi connectivity index (χ2n) is 5.29. The maximum Gasteiger partial charge on any atom is 0.492 e. The van der Waals surface area contributed by atoms with Crippen LogP contribution >= 0.6 is 11.3 Å². The van der Waals surface area contributed by atoms with E-state index in [1.165, 1.54) is 0 Å². The van der Waals surface area contributed by atoms with E-state index >= 15 is 0 Å². The van der Waals surface area contributed by atoms with Crippen molar-refractivity contribution in [3.63, 3.8) is 0 Å². The molecule has 10 heteroatoms. The quantitative estimate of drug-likeness (QED) is 0.697. The Morgan fingerprint density at radius 3 is 2.87 bits per heavy atom. The number of anilines is 1. The number of rotatable bonds is 4. The lowest BCUT2D eigenvalue weighted by atomic mass is 9.77. The first kappa shape index (κ1) is 15.7. The van der Waals surface area contributed by atoms with Crippen LogP contribution in [-0.4, -0.2) is 33.4 Å². The van der Waals surface area contributed by atoms with E-state index in [0.29, 0.717) is 16.8 Å². The van der Waals surface area contributed by atoms with Crippen LogP contribution in [0.1, 0.15) is 24.2 Å². The first-order chi connectivity index (χ1) is 10.9. The number of carboxylic acids is 1. The Balaban J connectivity index is 1.95. The summed E-state index contributed by atoms with van der Waals surface area (Å²) in [6, 6.07) is 3.35. The molecular weight excluding hydrogens is 321 g/mol. The van der Waals surface area contributed by atoms with Gasteiger partial charge in [0.15, 0.2) is 0 Å². The Bertz CT molecular complexity index is 768. The van der Waals surface area contributed by atoms with Crippen molar-refractivity contribution in [3.05, 3.63) is 23.3 Å². The maximum atomic E-state index is 11.2. The number of hydrogen-bond donors (Lipinski definition) is 3. The van der Waals surface area contributed by atoms with Gasteiger partial charge in [0, 0.05) is 0 Å². The molecule has 2 unspecified atom stereocenters. The predicted octanol–water partition coefficient (Wildman–Crippen LogP) is 0.701. The van der Waals surface area contributed by atoms with Gasteiger partial charge in [-0.25, -0.2) is 0 Å². The number of nitrogens with two attached hydrogens (primary N) is 1. The van der Waals surface area contributed by atoms with Crippen molar-refractivity contribution >= 4 is 35.0 Å². The number of benzene rings is 1. The van der Waals surface area contributed by atoms with Crippen LogP contribution in [0.25, 0.3) is 0 Å². The summed E-state index contributed by atoms with van der Waals surface area (Å²) in [5, 5.41) is 27.3. The van der Waals surface area contributed by atoms with Gasteiger partial charge in [-0.3, -0.25) is 4.79 Å². The van der Waals surface area contributed by atoms with Crippen molar-refractivity contribution in [3.8, 4) is 10.9 Å². The predicted molar refractivity (Wildman–Crippen MR) is 83.8 cm³/mol. The second-order valence-corrected chi connectivity index (χ2v) is 6.26. The van der Waals surface area contributed by atoms with Crippen LogP contribution in [0.2, 0.25) is 0 Å². The number of nitrogen functional groups attached to an aromatic ring is 1. The average Bonchev–Trinajstić information content (AvgIpc) is 3.02. The summed E-state index contributed by atoms with van der Waals surface area (Å²) >= 11 is 1.09. The number of hydrogen-bond acceptors (Lipinski definition) is 8. The van der Waals surface area contributed by atoms with E-state index < -0.39 is 25.1 Å². The number of nitrogens with zero attached hydrogens (tertiary/aromatic N) is 2. The Morgan fingerprint density at radius 2 is 2.26 bits per heavy atom. The van der Waals surface area contributed by atoms with E-state index in [-0.39, 0.29) is 10.3 Å². The molecule has 23 heavy (non-hydrogen) atoms. The van der Waals surface area contributed by atoms with Gasteiger partial charge in [-0.1, -0.05) is 5.10 Å². The Morgan fingerprint density at radius 1 is 1.52 bits per heavy atom. The monoisotopic (exact) mass is 335 g/mol. The first-order valence-electron chi connectivity index (χ1n) is 6.84.